The molecule has 7 N–H and O–H groups in total. The molecule has 0 aliphatic carbocycles. The van der Waals surface area contributed by atoms with E-state index in [1.54, 1.807) is 0 Å². The minimum Gasteiger partial charge on any atom is -0.790 e. The minimum atomic E-state index is -5.93. The molecule has 1 aliphatic heterocycles. The molecule has 2 aromatic rings. The number of carbonyl (C=O) groups is 4. The van der Waals surface area contributed by atoms with Gasteiger partial charge in [-0.1, -0.05) is 25.6 Å². The fraction of sp³-hybridized carbons (Fsp3) is 0.640. The van der Waals surface area contributed by atoms with Crippen LogP contribution in [0.15, 0.2) is 12.7 Å². The van der Waals surface area contributed by atoms with Crippen molar-refractivity contribution in [2.45, 2.75) is 57.8 Å². The van der Waals surface area contributed by atoms with E-state index in [9.17, 15) is 62.7 Å². The minimum absolute atomic E-state index is 0. The Labute approximate surface area is 388 Å². The molecule has 8 atom stereocenters. The van der Waals surface area contributed by atoms with Crippen molar-refractivity contribution in [3.63, 3.8) is 0 Å². The number of rotatable bonds is 21. The van der Waals surface area contributed by atoms with E-state index in [1.165, 1.54) is 6.92 Å². The quantitative estimate of drug-likeness (QED) is 0.0293. The van der Waals surface area contributed by atoms with Crippen molar-refractivity contribution >= 4 is 75.1 Å². The normalized spacial score (nSPS) is 20.8. The average molecular weight is 891 g/mol. The van der Waals surface area contributed by atoms with Gasteiger partial charge in [0.2, 0.25) is 16.9 Å². The molecule has 3 heterocycles. The maximum Gasteiger partial charge on any atom is 1.00 e. The number of nitrogen functional groups attached to an aromatic ring is 1. The number of amides is 2. The molecule has 0 spiro atoms. The molecular formula is C25H36Li4N7O19P3S. The number of fused-ring (bicyclic) bond motifs is 1. The summed E-state index contributed by atoms with van der Waals surface area (Å²) < 4.78 is 60.3. The van der Waals surface area contributed by atoms with Gasteiger partial charge in [-0.05, 0) is 6.92 Å². The van der Waals surface area contributed by atoms with E-state index >= 15 is 0 Å². The van der Waals surface area contributed by atoms with Crippen molar-refractivity contribution in [3.8, 4) is 0 Å². The molecule has 1 fully saturated rings. The predicted molar refractivity (Wildman–Crippen MR) is 175 cm³/mol. The number of aromatic nitrogens is 4. The van der Waals surface area contributed by atoms with Gasteiger partial charge >= 0.3 is 81.4 Å². The Morgan fingerprint density at radius 3 is 2.22 bits per heavy atom. The summed E-state index contributed by atoms with van der Waals surface area (Å²) in [4.78, 5) is 106. The van der Waals surface area contributed by atoms with Gasteiger partial charge in [0.1, 0.15) is 42.2 Å². The van der Waals surface area contributed by atoms with E-state index in [-0.39, 0.29) is 118 Å². The third-order valence-corrected chi connectivity index (χ3v) is 11.5. The van der Waals surface area contributed by atoms with Crippen molar-refractivity contribution in [1.82, 2.24) is 30.2 Å². The Hall–Kier alpha value is -0.580. The average Bonchev–Trinajstić information content (AvgIpc) is 3.64. The smallest absolute Gasteiger partial charge is 0.790 e. The second kappa shape index (κ2) is 25.6. The van der Waals surface area contributed by atoms with E-state index in [0.717, 1.165) is 31.1 Å². The van der Waals surface area contributed by atoms with E-state index in [4.69, 9.17) is 15.6 Å². The number of ether oxygens (including phenoxy) is 1. The Kier molecular flexibility index (Phi) is 26.3. The van der Waals surface area contributed by atoms with Crippen LogP contribution < -0.4 is 111 Å². The van der Waals surface area contributed by atoms with Gasteiger partial charge in [0.05, 0.1) is 27.4 Å². The monoisotopic (exact) mass is 891 g/mol. The first-order valence-corrected chi connectivity index (χ1v) is 20.9. The molecule has 2 amide bonds. The zero-order chi connectivity index (χ0) is 41.5. The Morgan fingerprint density at radius 2 is 1.63 bits per heavy atom. The Balaban J connectivity index is 0. The number of thioether (sulfide) groups is 1. The predicted octanol–water partition coefficient (Wildman–Crippen LogP) is -16.1. The first-order chi connectivity index (χ1) is 25.3. The first kappa shape index (κ1) is 60.5. The summed E-state index contributed by atoms with van der Waals surface area (Å²) in [5.41, 5.74) is 3.99. The number of imidazole rings is 1. The van der Waals surface area contributed by atoms with Gasteiger partial charge < -0.3 is 74.1 Å². The van der Waals surface area contributed by atoms with Gasteiger partial charge in [-0.2, -0.15) is 0 Å². The van der Waals surface area contributed by atoms with Crippen LogP contribution in [-0.2, 0) is 55.5 Å². The van der Waals surface area contributed by atoms with Gasteiger partial charge in [-0.3, -0.25) is 32.9 Å². The van der Waals surface area contributed by atoms with E-state index in [1.807, 2.05) is 0 Å². The number of aliphatic hydroxyl groups excluding tert-OH is 2. The zero-order valence-electron chi connectivity index (χ0n) is 32.9. The molecule has 3 unspecified atom stereocenters. The molecule has 310 valence electrons. The number of nitrogens with two attached hydrogens (primary N) is 1. The number of carboxylic acid groups (broad SMARTS) is 1. The van der Waals surface area contributed by atoms with Gasteiger partial charge in [0, 0.05) is 30.7 Å². The number of carboxylic acids is 1. The summed E-state index contributed by atoms with van der Waals surface area (Å²) >= 11 is 0.714. The van der Waals surface area contributed by atoms with Crippen LogP contribution in [0.25, 0.3) is 11.2 Å². The fourth-order valence-electron chi connectivity index (χ4n) is 4.48. The molecule has 0 bridgehead atoms. The Bertz CT molecular complexity index is 1880. The molecule has 0 aromatic carbocycles. The summed E-state index contributed by atoms with van der Waals surface area (Å²) in [6.45, 7) is 0.941. The summed E-state index contributed by atoms with van der Waals surface area (Å²) in [5.74, 6) is -4.14. The van der Waals surface area contributed by atoms with Crippen molar-refractivity contribution in [1.29, 1.82) is 0 Å². The topological polar surface area (TPSA) is 412 Å². The van der Waals surface area contributed by atoms with Crippen LogP contribution in [0.3, 0.4) is 0 Å². The number of phosphoric ester groups is 3. The third kappa shape index (κ3) is 18.6. The third-order valence-electron chi connectivity index (χ3n) is 7.45. The number of phosphoric acid groups is 3. The largest absolute Gasteiger partial charge is 1.00 e. The molecule has 59 heavy (non-hydrogen) atoms. The summed E-state index contributed by atoms with van der Waals surface area (Å²) in [6, 6.07) is 0. The summed E-state index contributed by atoms with van der Waals surface area (Å²) in [5, 5.41) is 34.1. The van der Waals surface area contributed by atoms with Crippen LogP contribution >= 0.6 is 35.2 Å². The van der Waals surface area contributed by atoms with Gasteiger partial charge in [-0.25, -0.2) is 19.3 Å². The van der Waals surface area contributed by atoms with E-state index < -0.39 is 102 Å². The zero-order valence-corrected chi connectivity index (χ0v) is 36.4. The number of carbonyl (C=O) groups excluding carboxylic acids is 3. The maximum atomic E-state index is 12.5. The second-order valence-electron chi connectivity index (χ2n) is 12.2. The molecule has 1 aliphatic rings. The fourth-order valence-corrected chi connectivity index (χ4v) is 7.98. The molecule has 2 aromatic heterocycles. The Morgan fingerprint density at radius 1 is 1.02 bits per heavy atom. The first-order valence-electron chi connectivity index (χ1n) is 15.6. The van der Waals surface area contributed by atoms with Gasteiger partial charge in [0.15, 0.2) is 17.7 Å². The summed E-state index contributed by atoms with van der Waals surface area (Å²) in [7, 11) is -17.6. The molecule has 26 nitrogen and oxygen atoms in total. The molecular weight excluding hydrogens is 855 g/mol. The van der Waals surface area contributed by atoms with Crippen LogP contribution in [0.2, 0.25) is 0 Å². The van der Waals surface area contributed by atoms with Crippen molar-refractivity contribution in [3.05, 3.63) is 12.7 Å². The number of nitrogens with one attached hydrogen (secondary N) is 2. The molecule has 0 radical (unpaired) electrons. The number of aliphatic carboxylic acids is 1. The van der Waals surface area contributed by atoms with Crippen molar-refractivity contribution < 1.29 is 166 Å². The van der Waals surface area contributed by atoms with Crippen molar-refractivity contribution in [2.75, 3.05) is 37.8 Å². The van der Waals surface area contributed by atoms with Gasteiger partial charge in [-0.15, -0.1) is 0 Å². The number of aliphatic hydroxyl groups is 2. The standard InChI is InChI=1S/C25H40N7O19P3S.4Li/c1-12(23(37)38)24(39)55-7-6-27-14(33)4-5-28-21(36)18(35)25(2,3)9-48-54(45,46)51-53(43,44)47-8-13-17(50-52(40,41)42)16(34)22(49-13)32-11-31-15-19(26)29-10-30-20(15)32;;;;/h10-13,16-18,22,34-35H,4-9H2,1-3H3,(H,27,33)(H,28,36)(H,37,38)(H,43,44)(H,45,46)(H2,26,29,30)(H2,40,41,42);;;;/q;4*+1/p-4/t12?,13-,16-,17-,18+,22-;;;;/m1..../s1. The molecule has 3 rings (SSSR count). The van der Waals surface area contributed by atoms with Crippen LogP contribution in [0.5, 0.6) is 0 Å². The summed E-state index contributed by atoms with van der Waals surface area (Å²) in [6.07, 6.45) is -7.80. The molecule has 1 saturated heterocycles. The number of hydrogen-bond acceptors (Lipinski definition) is 23. The van der Waals surface area contributed by atoms with Crippen molar-refractivity contribution in [2.24, 2.45) is 11.3 Å². The second-order valence-corrected chi connectivity index (χ2v) is 17.4. The van der Waals surface area contributed by atoms with Crippen LogP contribution in [0.1, 0.15) is 33.4 Å². The number of hydrogen-bond donors (Lipinski definition) is 6. The maximum absolute atomic E-state index is 12.5. The number of nitrogens with zero attached hydrogens (tertiary/aromatic N) is 4. The molecule has 34 heteroatoms. The van der Waals surface area contributed by atoms with E-state index in [0.29, 0.717) is 11.8 Å². The van der Waals surface area contributed by atoms with Crippen LogP contribution in [0.4, 0.5) is 5.82 Å². The van der Waals surface area contributed by atoms with Gasteiger partial charge in [0.25, 0.3) is 15.6 Å². The van der Waals surface area contributed by atoms with Crippen LogP contribution in [0, 0.1) is 11.3 Å². The number of anilines is 1. The van der Waals surface area contributed by atoms with E-state index in [2.05, 4.69) is 43.5 Å². The SMILES string of the molecule is CC(C(=O)O)C(=O)SCCNC(=O)CCNC(=O)[C@H](O)C(C)(C)COP(=O)([O-])OP(=O)([O-])OC[C@H]1O[C@@H](n2cnc3c(N)ncnc32)[C@H](O)[C@@H]1OP(=O)([O-])[O-].[Li+].[Li+].[Li+].[Li+]. The molecule has 0 saturated carbocycles. The van der Waals surface area contributed by atoms with Crippen LogP contribution in [-0.4, -0.2) is 114 Å².